The summed E-state index contributed by atoms with van der Waals surface area (Å²) in [7, 11) is 1.59. The first kappa shape index (κ1) is 23.5. The summed E-state index contributed by atoms with van der Waals surface area (Å²) in [6, 6.07) is 21.2. The Hall–Kier alpha value is -3.67. The minimum atomic E-state index is -0.505. The maximum atomic E-state index is 13.5. The van der Waals surface area contributed by atoms with Gasteiger partial charge in [0.05, 0.1) is 19.1 Å². The van der Waals surface area contributed by atoms with E-state index in [2.05, 4.69) is 5.32 Å². The summed E-state index contributed by atoms with van der Waals surface area (Å²) >= 11 is 0. The summed E-state index contributed by atoms with van der Waals surface area (Å²) in [6.07, 6.45) is 1.24. The van der Waals surface area contributed by atoms with E-state index < -0.39 is 12.0 Å². The summed E-state index contributed by atoms with van der Waals surface area (Å²) in [6.45, 7) is 2.38. The van der Waals surface area contributed by atoms with E-state index in [4.69, 9.17) is 4.74 Å². The number of para-hydroxylation sites is 1. The van der Waals surface area contributed by atoms with E-state index in [9.17, 15) is 14.0 Å². The number of aryl methyl sites for hydroxylation is 1. The first-order valence-corrected chi connectivity index (χ1v) is 11.5. The number of ether oxygens (including phenoxy) is 1. The zero-order chi connectivity index (χ0) is 24.1. The molecule has 0 aromatic heterocycles. The predicted octanol–water partition coefficient (Wildman–Crippen LogP) is 4.99. The van der Waals surface area contributed by atoms with Crippen molar-refractivity contribution in [2.24, 2.45) is 5.92 Å². The molecule has 0 spiro atoms. The van der Waals surface area contributed by atoms with Gasteiger partial charge in [-0.05, 0) is 55.7 Å². The molecule has 34 heavy (non-hydrogen) atoms. The molecule has 0 bridgehead atoms. The molecule has 5 nitrogen and oxygen atoms in total. The molecule has 3 aromatic rings. The van der Waals surface area contributed by atoms with Crippen LogP contribution in [-0.2, 0) is 16.0 Å². The van der Waals surface area contributed by atoms with Crippen molar-refractivity contribution in [2.75, 3.05) is 18.6 Å². The van der Waals surface area contributed by atoms with Crippen LogP contribution < -0.4 is 15.0 Å². The van der Waals surface area contributed by atoms with Gasteiger partial charge in [-0.1, -0.05) is 48.0 Å². The topological polar surface area (TPSA) is 58.6 Å². The molecule has 1 aliphatic heterocycles. The Morgan fingerprint density at radius 3 is 2.59 bits per heavy atom. The third-order valence-corrected chi connectivity index (χ3v) is 6.31. The van der Waals surface area contributed by atoms with Gasteiger partial charge in [-0.15, -0.1) is 0 Å². The number of hydrogen-bond donors (Lipinski definition) is 1. The molecule has 1 saturated heterocycles. The molecule has 1 N–H and O–H groups in total. The lowest BCUT2D eigenvalue weighted by Gasteiger charge is -2.41. The number of rotatable bonds is 7. The second-order valence-electron chi connectivity index (χ2n) is 8.60. The number of piperidine rings is 1. The van der Waals surface area contributed by atoms with E-state index in [0.29, 0.717) is 25.1 Å². The van der Waals surface area contributed by atoms with Gasteiger partial charge in [-0.3, -0.25) is 9.59 Å². The minimum absolute atomic E-state index is 0.0245. The molecule has 2 amide bonds. The summed E-state index contributed by atoms with van der Waals surface area (Å²) in [4.78, 5) is 28.3. The number of benzene rings is 3. The van der Waals surface area contributed by atoms with Gasteiger partial charge >= 0.3 is 0 Å². The average Bonchev–Trinajstić information content (AvgIpc) is 2.84. The van der Waals surface area contributed by atoms with Crippen molar-refractivity contribution in [3.8, 4) is 5.75 Å². The Labute approximate surface area is 199 Å². The summed E-state index contributed by atoms with van der Waals surface area (Å²) in [5.41, 5.74) is 3.46. The van der Waals surface area contributed by atoms with Crippen LogP contribution in [0.25, 0.3) is 0 Å². The average molecular weight is 461 g/mol. The van der Waals surface area contributed by atoms with Crippen molar-refractivity contribution in [3.05, 3.63) is 95.3 Å². The number of nitrogens with one attached hydrogen (secondary N) is 1. The Kier molecular flexibility index (Phi) is 7.26. The first-order chi connectivity index (χ1) is 16.5. The van der Waals surface area contributed by atoms with E-state index in [1.807, 2.05) is 61.5 Å². The molecule has 2 unspecified atom stereocenters. The Balaban J connectivity index is 1.63. The number of hydrogen-bond acceptors (Lipinski definition) is 3. The Morgan fingerprint density at radius 2 is 1.85 bits per heavy atom. The number of halogens is 1. The lowest BCUT2D eigenvalue weighted by molar-refractivity contribution is -0.129. The van der Waals surface area contributed by atoms with Crippen molar-refractivity contribution >= 4 is 17.5 Å². The number of carbonyl (C=O) groups excluding carboxylic acids is 2. The molecule has 4 rings (SSSR count). The molecule has 1 aliphatic rings. The van der Waals surface area contributed by atoms with Gasteiger partial charge in [-0.2, -0.15) is 0 Å². The second-order valence-corrected chi connectivity index (χ2v) is 8.60. The van der Waals surface area contributed by atoms with Crippen LogP contribution in [-0.4, -0.2) is 25.5 Å². The van der Waals surface area contributed by atoms with Crippen LogP contribution in [0.4, 0.5) is 10.1 Å². The fourth-order valence-electron chi connectivity index (χ4n) is 4.60. The van der Waals surface area contributed by atoms with Crippen LogP contribution in [0, 0.1) is 18.7 Å². The van der Waals surface area contributed by atoms with Crippen molar-refractivity contribution in [3.63, 3.8) is 0 Å². The molecule has 0 aliphatic carbocycles. The van der Waals surface area contributed by atoms with Crippen LogP contribution in [0.5, 0.6) is 5.75 Å². The van der Waals surface area contributed by atoms with Crippen molar-refractivity contribution in [2.45, 2.75) is 32.2 Å². The molecule has 0 saturated carbocycles. The van der Waals surface area contributed by atoms with Gasteiger partial charge in [0.15, 0.2) is 0 Å². The lowest BCUT2D eigenvalue weighted by Crippen LogP contribution is -2.48. The van der Waals surface area contributed by atoms with Crippen LogP contribution >= 0.6 is 0 Å². The monoisotopic (exact) mass is 460 g/mol. The lowest BCUT2D eigenvalue weighted by atomic mass is 9.82. The smallest absolute Gasteiger partial charge is 0.227 e. The Morgan fingerprint density at radius 1 is 1.09 bits per heavy atom. The molecular weight excluding hydrogens is 431 g/mol. The highest BCUT2D eigenvalue weighted by Crippen LogP contribution is 2.43. The highest BCUT2D eigenvalue weighted by Gasteiger charge is 2.42. The summed E-state index contributed by atoms with van der Waals surface area (Å²) < 4.78 is 19.1. The molecular formula is C28H29FN2O3. The molecule has 0 radical (unpaired) electrons. The number of nitrogens with zero attached hydrogens (tertiary/aromatic N) is 1. The van der Waals surface area contributed by atoms with Gasteiger partial charge in [0.25, 0.3) is 0 Å². The fraction of sp³-hybridized carbons (Fsp3) is 0.286. The maximum Gasteiger partial charge on any atom is 0.227 e. The van der Waals surface area contributed by atoms with E-state index in [1.54, 1.807) is 18.1 Å². The molecule has 2 atom stereocenters. The molecule has 1 heterocycles. The first-order valence-electron chi connectivity index (χ1n) is 11.5. The number of amides is 2. The third-order valence-electron chi connectivity index (χ3n) is 6.31. The van der Waals surface area contributed by atoms with Crippen molar-refractivity contribution in [1.82, 2.24) is 5.32 Å². The van der Waals surface area contributed by atoms with Gasteiger partial charge < -0.3 is 15.0 Å². The third kappa shape index (κ3) is 5.11. The van der Waals surface area contributed by atoms with Gasteiger partial charge in [0.2, 0.25) is 11.8 Å². The predicted molar refractivity (Wildman–Crippen MR) is 130 cm³/mol. The quantitative estimate of drug-likeness (QED) is 0.541. The number of anilines is 1. The van der Waals surface area contributed by atoms with Crippen LogP contribution in [0.15, 0.2) is 72.8 Å². The van der Waals surface area contributed by atoms with E-state index in [-0.39, 0.29) is 24.1 Å². The highest BCUT2D eigenvalue weighted by molar-refractivity contribution is 5.97. The second kappa shape index (κ2) is 10.5. The van der Waals surface area contributed by atoms with E-state index >= 15 is 0 Å². The molecule has 176 valence electrons. The minimum Gasteiger partial charge on any atom is -0.496 e. The summed E-state index contributed by atoms with van der Waals surface area (Å²) in [5.74, 6) is -0.264. The van der Waals surface area contributed by atoms with Gasteiger partial charge in [0, 0.05) is 24.2 Å². The SMILES string of the molecule is COc1ccccc1C1C(C(=O)NCCc2cccc(F)c2)CCC(=O)N1c1ccc(C)cc1. The van der Waals surface area contributed by atoms with Crippen molar-refractivity contribution in [1.29, 1.82) is 0 Å². The number of carbonyl (C=O) groups is 2. The van der Waals surface area contributed by atoms with Gasteiger partial charge in [-0.25, -0.2) is 4.39 Å². The Bertz CT molecular complexity index is 1160. The zero-order valence-electron chi connectivity index (χ0n) is 19.5. The standard InChI is InChI=1S/C28H29FN2O3/c1-19-10-12-22(13-11-19)31-26(32)15-14-24(27(31)23-8-3-4-9-25(23)34-2)28(33)30-17-16-20-6-5-7-21(29)18-20/h3-13,18,24,27H,14-17H2,1-2H3,(H,30,33). The largest absolute Gasteiger partial charge is 0.496 e. The van der Waals surface area contributed by atoms with Crippen LogP contribution in [0.2, 0.25) is 0 Å². The van der Waals surface area contributed by atoms with Crippen LogP contribution in [0.3, 0.4) is 0 Å². The number of methoxy groups -OCH3 is 1. The molecule has 1 fully saturated rings. The van der Waals surface area contributed by atoms with Crippen LogP contribution in [0.1, 0.15) is 35.6 Å². The van der Waals surface area contributed by atoms with E-state index in [0.717, 1.165) is 22.4 Å². The zero-order valence-corrected chi connectivity index (χ0v) is 19.5. The van der Waals surface area contributed by atoms with Gasteiger partial charge in [0.1, 0.15) is 11.6 Å². The highest BCUT2D eigenvalue weighted by atomic mass is 19.1. The van der Waals surface area contributed by atoms with E-state index in [1.165, 1.54) is 12.1 Å². The molecule has 6 heteroatoms. The molecule has 3 aromatic carbocycles. The maximum absolute atomic E-state index is 13.5. The fourth-order valence-corrected chi connectivity index (χ4v) is 4.60. The normalized spacial score (nSPS) is 18.0. The van der Waals surface area contributed by atoms with Crippen molar-refractivity contribution < 1.29 is 18.7 Å². The summed E-state index contributed by atoms with van der Waals surface area (Å²) in [5, 5.41) is 3.01.